The SMILES string of the molecule is CCCCCCCOCCCCn1cc[n+](CCCCOCCCCCCC)c1. The Hall–Kier alpha value is -0.870. The van der Waals surface area contributed by atoms with Crippen molar-refractivity contribution < 1.29 is 14.0 Å². The first kappa shape index (κ1) is 26.2. The highest BCUT2D eigenvalue weighted by molar-refractivity contribution is 4.66. The Morgan fingerprint density at radius 3 is 1.72 bits per heavy atom. The lowest BCUT2D eigenvalue weighted by atomic mass is 10.2. The molecule has 4 nitrogen and oxygen atoms in total. The third-order valence-corrected chi connectivity index (χ3v) is 5.44. The van der Waals surface area contributed by atoms with E-state index in [-0.39, 0.29) is 0 Å². The molecule has 0 fully saturated rings. The highest BCUT2D eigenvalue weighted by Gasteiger charge is 2.03. The predicted molar refractivity (Wildman–Crippen MR) is 122 cm³/mol. The summed E-state index contributed by atoms with van der Waals surface area (Å²) in [6.07, 6.45) is 24.5. The molecule has 1 heterocycles. The lowest BCUT2D eigenvalue weighted by Gasteiger charge is -2.04. The first-order valence-corrected chi connectivity index (χ1v) is 12.6. The van der Waals surface area contributed by atoms with Gasteiger partial charge < -0.3 is 9.47 Å². The third kappa shape index (κ3) is 16.6. The first-order chi connectivity index (χ1) is 14.4. The highest BCUT2D eigenvalue weighted by atomic mass is 16.5. The van der Waals surface area contributed by atoms with E-state index in [4.69, 9.17) is 9.47 Å². The second-order valence-electron chi connectivity index (χ2n) is 8.36. The van der Waals surface area contributed by atoms with E-state index in [1.54, 1.807) is 0 Å². The van der Waals surface area contributed by atoms with Crippen LogP contribution in [0.5, 0.6) is 0 Å². The maximum atomic E-state index is 5.75. The van der Waals surface area contributed by atoms with E-state index in [0.717, 1.165) is 52.4 Å². The monoisotopic (exact) mass is 409 g/mol. The molecule has 0 aliphatic carbocycles. The zero-order valence-electron chi connectivity index (χ0n) is 19.6. The summed E-state index contributed by atoms with van der Waals surface area (Å²) in [5, 5.41) is 0. The van der Waals surface area contributed by atoms with Crippen molar-refractivity contribution in [3.8, 4) is 0 Å². The molecular weight excluding hydrogens is 360 g/mol. The van der Waals surface area contributed by atoms with Crippen molar-refractivity contribution in [3.05, 3.63) is 18.7 Å². The predicted octanol–water partition coefficient (Wildman–Crippen LogP) is 6.31. The second-order valence-corrected chi connectivity index (χ2v) is 8.36. The summed E-state index contributed by atoms with van der Waals surface area (Å²) in [6, 6.07) is 0. The van der Waals surface area contributed by atoms with Crippen molar-refractivity contribution in [1.82, 2.24) is 4.57 Å². The van der Waals surface area contributed by atoms with Crippen molar-refractivity contribution in [3.63, 3.8) is 0 Å². The summed E-state index contributed by atoms with van der Waals surface area (Å²) in [4.78, 5) is 0. The topological polar surface area (TPSA) is 27.3 Å². The molecule has 0 radical (unpaired) electrons. The molecule has 0 unspecified atom stereocenters. The van der Waals surface area contributed by atoms with Crippen LogP contribution in [0.4, 0.5) is 0 Å². The summed E-state index contributed by atoms with van der Waals surface area (Å²) in [5.74, 6) is 0. The fourth-order valence-electron chi connectivity index (χ4n) is 3.52. The average Bonchev–Trinajstić information content (AvgIpc) is 3.18. The smallest absolute Gasteiger partial charge is 0.243 e. The molecule has 1 rings (SSSR count). The molecule has 0 aromatic carbocycles. The van der Waals surface area contributed by atoms with Gasteiger partial charge in [-0.3, -0.25) is 0 Å². The third-order valence-electron chi connectivity index (χ3n) is 5.44. The van der Waals surface area contributed by atoms with Crippen LogP contribution in [0.2, 0.25) is 0 Å². The Kier molecular flexibility index (Phi) is 18.4. The molecule has 0 N–H and O–H groups in total. The maximum Gasteiger partial charge on any atom is 0.243 e. The molecule has 170 valence electrons. The molecule has 0 aliphatic heterocycles. The average molecular weight is 410 g/mol. The Bertz CT molecular complexity index is 409. The fraction of sp³-hybridized carbons (Fsp3) is 0.880. The maximum absolute atomic E-state index is 5.75. The molecule has 0 atom stereocenters. The number of ether oxygens (including phenoxy) is 2. The van der Waals surface area contributed by atoms with Crippen LogP contribution in [0.3, 0.4) is 0 Å². The second kappa shape index (κ2) is 20.4. The molecule has 1 aromatic rings. The zero-order chi connectivity index (χ0) is 20.8. The van der Waals surface area contributed by atoms with Gasteiger partial charge in [0.1, 0.15) is 12.4 Å². The minimum Gasteiger partial charge on any atom is -0.381 e. The van der Waals surface area contributed by atoms with Gasteiger partial charge in [0, 0.05) is 26.4 Å². The van der Waals surface area contributed by atoms with Crippen LogP contribution in [-0.2, 0) is 22.6 Å². The van der Waals surface area contributed by atoms with Gasteiger partial charge in [0.25, 0.3) is 0 Å². The van der Waals surface area contributed by atoms with Gasteiger partial charge in [-0.1, -0.05) is 65.2 Å². The lowest BCUT2D eigenvalue weighted by molar-refractivity contribution is -0.697. The fourth-order valence-corrected chi connectivity index (χ4v) is 3.52. The number of hydrogen-bond donors (Lipinski definition) is 0. The van der Waals surface area contributed by atoms with Gasteiger partial charge in [-0.05, 0) is 38.5 Å². The van der Waals surface area contributed by atoms with Crippen molar-refractivity contribution >= 4 is 0 Å². The number of hydrogen-bond acceptors (Lipinski definition) is 2. The van der Waals surface area contributed by atoms with Crippen LogP contribution in [0, 0.1) is 0 Å². The molecule has 4 heteroatoms. The van der Waals surface area contributed by atoms with Gasteiger partial charge in [0.2, 0.25) is 6.33 Å². The summed E-state index contributed by atoms with van der Waals surface area (Å²) >= 11 is 0. The van der Waals surface area contributed by atoms with Crippen LogP contribution < -0.4 is 4.57 Å². The first-order valence-electron chi connectivity index (χ1n) is 12.6. The van der Waals surface area contributed by atoms with E-state index >= 15 is 0 Å². The molecule has 0 bridgehead atoms. The van der Waals surface area contributed by atoms with Gasteiger partial charge in [0.15, 0.2) is 0 Å². The van der Waals surface area contributed by atoms with Gasteiger partial charge in [-0.2, -0.15) is 0 Å². The number of aryl methyl sites for hydroxylation is 2. The van der Waals surface area contributed by atoms with E-state index < -0.39 is 0 Å². The van der Waals surface area contributed by atoms with Crippen molar-refractivity contribution in [2.45, 2.75) is 117 Å². The van der Waals surface area contributed by atoms with E-state index in [1.165, 1.54) is 77.0 Å². The van der Waals surface area contributed by atoms with Crippen molar-refractivity contribution in [2.75, 3.05) is 26.4 Å². The molecule has 1 aromatic heterocycles. The molecule has 0 spiro atoms. The van der Waals surface area contributed by atoms with Crippen LogP contribution >= 0.6 is 0 Å². The number of imidazole rings is 1. The van der Waals surface area contributed by atoms with Gasteiger partial charge in [-0.15, -0.1) is 0 Å². The van der Waals surface area contributed by atoms with Crippen molar-refractivity contribution in [1.29, 1.82) is 0 Å². The van der Waals surface area contributed by atoms with Gasteiger partial charge in [0.05, 0.1) is 13.1 Å². The van der Waals surface area contributed by atoms with Crippen molar-refractivity contribution in [2.24, 2.45) is 0 Å². The summed E-state index contributed by atoms with van der Waals surface area (Å²) in [7, 11) is 0. The summed E-state index contributed by atoms with van der Waals surface area (Å²) in [5.41, 5.74) is 0. The molecule has 29 heavy (non-hydrogen) atoms. The minimum atomic E-state index is 0.910. The number of rotatable bonds is 22. The van der Waals surface area contributed by atoms with Crippen LogP contribution in [0.1, 0.15) is 104 Å². The van der Waals surface area contributed by atoms with Gasteiger partial charge >= 0.3 is 0 Å². The van der Waals surface area contributed by atoms with Crippen LogP contribution in [-0.4, -0.2) is 31.0 Å². The van der Waals surface area contributed by atoms with E-state index in [0.29, 0.717) is 0 Å². The quantitative estimate of drug-likeness (QED) is 0.166. The van der Waals surface area contributed by atoms with E-state index in [2.05, 4.69) is 41.7 Å². The van der Waals surface area contributed by atoms with E-state index in [1.807, 2.05) is 0 Å². The van der Waals surface area contributed by atoms with E-state index in [9.17, 15) is 0 Å². The molecule has 0 aliphatic rings. The molecular formula is C25H49N2O2+. The Morgan fingerprint density at radius 2 is 1.14 bits per heavy atom. The summed E-state index contributed by atoms with van der Waals surface area (Å²) in [6.45, 7) is 10.4. The van der Waals surface area contributed by atoms with Crippen LogP contribution in [0.15, 0.2) is 18.7 Å². The minimum absolute atomic E-state index is 0.910. The number of nitrogens with zero attached hydrogens (tertiary/aromatic N) is 2. The Labute approximate surface area is 181 Å². The largest absolute Gasteiger partial charge is 0.381 e. The normalized spacial score (nSPS) is 11.4. The number of unbranched alkanes of at least 4 members (excludes halogenated alkanes) is 10. The molecule has 0 saturated heterocycles. The molecule has 0 saturated carbocycles. The standard InChI is InChI=1S/C25H49N2O2/c1-3-5-7-9-13-21-28-23-15-11-17-26-19-20-27(25-26)18-12-16-24-29-22-14-10-8-6-4-2/h19-20,25H,3-18,21-24H2,1-2H3/q+1. The summed E-state index contributed by atoms with van der Waals surface area (Å²) < 4.78 is 16.1. The lowest BCUT2D eigenvalue weighted by Crippen LogP contribution is -2.31. The molecule has 0 amide bonds. The Balaban J connectivity index is 1.88. The highest BCUT2D eigenvalue weighted by Crippen LogP contribution is 2.04. The zero-order valence-corrected chi connectivity index (χ0v) is 19.6. The van der Waals surface area contributed by atoms with Crippen LogP contribution in [0.25, 0.3) is 0 Å². The Morgan fingerprint density at radius 1 is 0.621 bits per heavy atom. The number of aromatic nitrogens is 2. The van der Waals surface area contributed by atoms with Gasteiger partial charge in [-0.25, -0.2) is 9.13 Å².